The Bertz CT molecular complexity index is 430. The SMILES string of the molecule is CC1CCCCC1N(C)Cc1ccoc1C(=O)NN. The van der Waals surface area contributed by atoms with E-state index in [2.05, 4.69) is 24.3 Å². The predicted octanol–water partition coefficient (Wildman–Crippen LogP) is 1.89. The second-order valence-corrected chi connectivity index (χ2v) is 5.49. The van der Waals surface area contributed by atoms with E-state index >= 15 is 0 Å². The summed E-state index contributed by atoms with van der Waals surface area (Å²) in [7, 11) is 2.11. The van der Waals surface area contributed by atoms with Gasteiger partial charge in [-0.2, -0.15) is 0 Å². The Morgan fingerprint density at radius 2 is 2.26 bits per heavy atom. The van der Waals surface area contributed by atoms with Gasteiger partial charge in [0.2, 0.25) is 0 Å². The molecule has 0 saturated heterocycles. The fraction of sp³-hybridized carbons (Fsp3) is 0.643. The van der Waals surface area contributed by atoms with E-state index in [1.807, 2.05) is 6.07 Å². The van der Waals surface area contributed by atoms with Gasteiger partial charge in [-0.3, -0.25) is 15.1 Å². The van der Waals surface area contributed by atoms with Crippen LogP contribution in [-0.2, 0) is 6.54 Å². The first-order valence-corrected chi connectivity index (χ1v) is 6.91. The number of hydrazine groups is 1. The number of furan rings is 1. The molecule has 1 aromatic rings. The molecule has 19 heavy (non-hydrogen) atoms. The predicted molar refractivity (Wildman–Crippen MR) is 73.2 cm³/mol. The molecule has 1 saturated carbocycles. The largest absolute Gasteiger partial charge is 0.459 e. The molecule has 5 heteroatoms. The van der Waals surface area contributed by atoms with Crippen molar-refractivity contribution in [3.05, 3.63) is 23.7 Å². The molecule has 106 valence electrons. The first-order valence-electron chi connectivity index (χ1n) is 6.91. The van der Waals surface area contributed by atoms with E-state index in [-0.39, 0.29) is 5.91 Å². The van der Waals surface area contributed by atoms with Crippen LogP contribution in [0.15, 0.2) is 16.7 Å². The van der Waals surface area contributed by atoms with E-state index in [4.69, 9.17) is 10.3 Å². The Kier molecular flexibility index (Phi) is 4.61. The Labute approximate surface area is 114 Å². The van der Waals surface area contributed by atoms with Gasteiger partial charge in [0.1, 0.15) is 0 Å². The van der Waals surface area contributed by atoms with E-state index in [0.717, 1.165) is 5.56 Å². The Balaban J connectivity index is 2.04. The summed E-state index contributed by atoms with van der Waals surface area (Å²) in [5.74, 6) is 5.81. The van der Waals surface area contributed by atoms with E-state index in [1.54, 1.807) is 0 Å². The second kappa shape index (κ2) is 6.21. The van der Waals surface area contributed by atoms with Gasteiger partial charge in [-0.15, -0.1) is 0 Å². The maximum atomic E-state index is 11.6. The third-order valence-electron chi connectivity index (χ3n) is 4.14. The van der Waals surface area contributed by atoms with E-state index < -0.39 is 0 Å². The number of nitrogens with zero attached hydrogens (tertiary/aromatic N) is 1. The van der Waals surface area contributed by atoms with Gasteiger partial charge in [0, 0.05) is 18.2 Å². The molecule has 2 unspecified atom stereocenters. The second-order valence-electron chi connectivity index (χ2n) is 5.49. The molecule has 2 rings (SSSR count). The fourth-order valence-corrected chi connectivity index (χ4v) is 3.06. The number of rotatable bonds is 4. The van der Waals surface area contributed by atoms with Gasteiger partial charge in [0.05, 0.1) is 6.26 Å². The molecule has 1 aliphatic carbocycles. The molecular formula is C14H23N3O2. The highest BCUT2D eigenvalue weighted by Gasteiger charge is 2.26. The molecule has 0 spiro atoms. The zero-order valence-electron chi connectivity index (χ0n) is 11.7. The number of hydrogen-bond donors (Lipinski definition) is 2. The summed E-state index contributed by atoms with van der Waals surface area (Å²) in [6.07, 6.45) is 6.68. The number of carbonyl (C=O) groups is 1. The summed E-state index contributed by atoms with van der Waals surface area (Å²) in [6, 6.07) is 2.42. The summed E-state index contributed by atoms with van der Waals surface area (Å²) in [5, 5.41) is 0. The average molecular weight is 265 g/mol. The Morgan fingerprint density at radius 1 is 1.53 bits per heavy atom. The molecule has 1 heterocycles. The average Bonchev–Trinajstić information content (AvgIpc) is 2.86. The number of nitrogens with one attached hydrogen (secondary N) is 1. The molecule has 1 amide bonds. The van der Waals surface area contributed by atoms with Gasteiger partial charge >= 0.3 is 5.91 Å². The summed E-state index contributed by atoms with van der Waals surface area (Å²) in [5.41, 5.74) is 3.01. The third-order valence-corrected chi connectivity index (χ3v) is 4.14. The van der Waals surface area contributed by atoms with E-state index in [0.29, 0.717) is 24.3 Å². The molecule has 1 fully saturated rings. The highest BCUT2D eigenvalue weighted by atomic mass is 16.3. The standard InChI is InChI=1S/C14H23N3O2/c1-10-5-3-4-6-12(10)17(2)9-11-7-8-19-13(11)14(18)16-15/h7-8,10,12H,3-6,9,15H2,1-2H3,(H,16,18). The van der Waals surface area contributed by atoms with E-state index in [9.17, 15) is 4.79 Å². The maximum absolute atomic E-state index is 11.6. The van der Waals surface area contributed by atoms with E-state index in [1.165, 1.54) is 31.9 Å². The zero-order valence-corrected chi connectivity index (χ0v) is 11.7. The zero-order chi connectivity index (χ0) is 13.8. The molecule has 2 atom stereocenters. The lowest BCUT2D eigenvalue weighted by Crippen LogP contribution is -2.39. The number of hydrogen-bond acceptors (Lipinski definition) is 4. The van der Waals surface area contributed by atoms with Crippen LogP contribution in [0.3, 0.4) is 0 Å². The van der Waals surface area contributed by atoms with Gasteiger partial charge in [-0.25, -0.2) is 5.84 Å². The number of nitrogen functional groups attached to an aromatic ring is 1. The van der Waals surface area contributed by atoms with Gasteiger partial charge in [0.15, 0.2) is 5.76 Å². The van der Waals surface area contributed by atoms with Crippen molar-refractivity contribution < 1.29 is 9.21 Å². The summed E-state index contributed by atoms with van der Waals surface area (Å²) < 4.78 is 5.21. The Hall–Kier alpha value is -1.33. The number of nitrogens with two attached hydrogens (primary N) is 1. The first-order chi connectivity index (χ1) is 9.13. The number of carbonyl (C=O) groups excluding carboxylic acids is 1. The summed E-state index contributed by atoms with van der Waals surface area (Å²) in [4.78, 5) is 13.9. The minimum absolute atomic E-state index is 0.317. The lowest BCUT2D eigenvalue weighted by atomic mass is 9.85. The molecule has 0 radical (unpaired) electrons. The third kappa shape index (κ3) is 3.16. The molecule has 1 aromatic heterocycles. The van der Waals surface area contributed by atoms with Crippen molar-refractivity contribution >= 4 is 5.91 Å². The Morgan fingerprint density at radius 3 is 2.95 bits per heavy atom. The lowest BCUT2D eigenvalue weighted by Gasteiger charge is -2.36. The molecule has 0 aromatic carbocycles. The van der Waals surface area contributed by atoms with Crippen molar-refractivity contribution in [1.29, 1.82) is 0 Å². The van der Waals surface area contributed by atoms with Crippen LogP contribution in [0.2, 0.25) is 0 Å². The lowest BCUT2D eigenvalue weighted by molar-refractivity contribution is 0.0919. The van der Waals surface area contributed by atoms with Crippen molar-refractivity contribution in [1.82, 2.24) is 10.3 Å². The minimum Gasteiger partial charge on any atom is -0.459 e. The smallest absolute Gasteiger partial charge is 0.301 e. The number of amides is 1. The van der Waals surface area contributed by atoms with Crippen LogP contribution < -0.4 is 11.3 Å². The molecule has 0 bridgehead atoms. The normalized spacial score (nSPS) is 23.6. The fourth-order valence-electron chi connectivity index (χ4n) is 3.06. The van der Waals surface area contributed by atoms with Crippen LogP contribution >= 0.6 is 0 Å². The summed E-state index contributed by atoms with van der Waals surface area (Å²) >= 11 is 0. The van der Waals surface area contributed by atoms with Crippen molar-refractivity contribution in [3.8, 4) is 0 Å². The van der Waals surface area contributed by atoms with Crippen LogP contribution in [-0.4, -0.2) is 23.9 Å². The van der Waals surface area contributed by atoms with Crippen molar-refractivity contribution in [2.75, 3.05) is 7.05 Å². The van der Waals surface area contributed by atoms with Crippen LogP contribution in [0.4, 0.5) is 0 Å². The molecular weight excluding hydrogens is 242 g/mol. The molecule has 0 aliphatic heterocycles. The van der Waals surface area contributed by atoms with Gasteiger partial charge < -0.3 is 4.42 Å². The first kappa shape index (κ1) is 14.1. The van der Waals surface area contributed by atoms with Crippen molar-refractivity contribution in [2.24, 2.45) is 11.8 Å². The monoisotopic (exact) mass is 265 g/mol. The van der Waals surface area contributed by atoms with Crippen LogP contribution in [0, 0.1) is 5.92 Å². The maximum Gasteiger partial charge on any atom is 0.301 e. The van der Waals surface area contributed by atoms with Crippen molar-refractivity contribution in [3.63, 3.8) is 0 Å². The highest BCUT2D eigenvalue weighted by molar-refractivity contribution is 5.92. The van der Waals surface area contributed by atoms with Gasteiger partial charge in [0.25, 0.3) is 0 Å². The molecule has 3 N–H and O–H groups in total. The van der Waals surface area contributed by atoms with Crippen LogP contribution in [0.1, 0.15) is 48.7 Å². The van der Waals surface area contributed by atoms with Crippen LogP contribution in [0.25, 0.3) is 0 Å². The van der Waals surface area contributed by atoms with Crippen LogP contribution in [0.5, 0.6) is 0 Å². The molecule has 5 nitrogen and oxygen atoms in total. The molecule has 1 aliphatic rings. The highest BCUT2D eigenvalue weighted by Crippen LogP contribution is 2.28. The quantitative estimate of drug-likeness (QED) is 0.495. The van der Waals surface area contributed by atoms with Gasteiger partial charge in [-0.05, 0) is 31.9 Å². The van der Waals surface area contributed by atoms with Crippen molar-refractivity contribution in [2.45, 2.75) is 45.2 Å². The minimum atomic E-state index is -0.370. The summed E-state index contributed by atoms with van der Waals surface area (Å²) in [6.45, 7) is 3.03. The topological polar surface area (TPSA) is 71.5 Å². The van der Waals surface area contributed by atoms with Gasteiger partial charge in [-0.1, -0.05) is 19.8 Å².